The van der Waals surface area contributed by atoms with Crippen molar-refractivity contribution in [2.45, 2.75) is 13.3 Å². The lowest BCUT2D eigenvalue weighted by Crippen LogP contribution is -2.07. The third-order valence-electron chi connectivity index (χ3n) is 2.32. The molecule has 0 aromatic carbocycles. The van der Waals surface area contributed by atoms with Crippen LogP contribution in [-0.2, 0) is 0 Å². The molecule has 0 saturated heterocycles. The standard InChI is InChI=1S/C12H10O3S/c1-8-10(2-4-15-8)12(14)6-11(13)9-3-5-16-7-9/h2-5,7H,6H2,1H3. The van der Waals surface area contributed by atoms with Gasteiger partial charge in [-0.05, 0) is 24.4 Å². The fourth-order valence-electron chi connectivity index (χ4n) is 1.44. The van der Waals surface area contributed by atoms with Crippen molar-refractivity contribution in [1.29, 1.82) is 0 Å². The minimum Gasteiger partial charge on any atom is -0.469 e. The van der Waals surface area contributed by atoms with Gasteiger partial charge >= 0.3 is 0 Å². The lowest BCUT2D eigenvalue weighted by molar-refractivity contribution is 0.0894. The number of aryl methyl sites for hydroxylation is 1. The van der Waals surface area contributed by atoms with Crippen molar-refractivity contribution in [3.63, 3.8) is 0 Å². The van der Waals surface area contributed by atoms with Gasteiger partial charge in [-0.3, -0.25) is 9.59 Å². The van der Waals surface area contributed by atoms with E-state index in [-0.39, 0.29) is 18.0 Å². The monoisotopic (exact) mass is 234 g/mol. The molecule has 2 rings (SSSR count). The first-order valence-corrected chi connectivity index (χ1v) is 5.75. The molecule has 0 amide bonds. The van der Waals surface area contributed by atoms with Crippen LogP contribution >= 0.6 is 11.3 Å². The quantitative estimate of drug-likeness (QED) is 0.603. The Morgan fingerprint density at radius 3 is 2.69 bits per heavy atom. The molecule has 0 aliphatic rings. The topological polar surface area (TPSA) is 47.3 Å². The molecule has 0 aliphatic heterocycles. The van der Waals surface area contributed by atoms with Gasteiger partial charge in [-0.15, -0.1) is 0 Å². The number of ketones is 2. The minimum absolute atomic E-state index is 0.100. The lowest BCUT2D eigenvalue weighted by Gasteiger charge is -1.97. The lowest BCUT2D eigenvalue weighted by atomic mass is 10.0. The minimum atomic E-state index is -0.192. The van der Waals surface area contributed by atoms with Crippen LogP contribution < -0.4 is 0 Å². The number of Topliss-reactive ketones (excluding diaryl/α,β-unsaturated/α-hetero) is 2. The zero-order chi connectivity index (χ0) is 11.5. The van der Waals surface area contributed by atoms with E-state index in [1.54, 1.807) is 24.4 Å². The van der Waals surface area contributed by atoms with Crippen molar-refractivity contribution >= 4 is 22.9 Å². The summed E-state index contributed by atoms with van der Waals surface area (Å²) >= 11 is 1.44. The smallest absolute Gasteiger partial charge is 0.174 e. The van der Waals surface area contributed by atoms with E-state index in [1.165, 1.54) is 17.6 Å². The number of rotatable bonds is 4. The van der Waals surface area contributed by atoms with E-state index >= 15 is 0 Å². The second-order valence-corrected chi connectivity index (χ2v) is 4.21. The molecule has 0 spiro atoms. The Labute approximate surface area is 96.7 Å². The maximum atomic E-state index is 11.8. The summed E-state index contributed by atoms with van der Waals surface area (Å²) in [5.74, 6) is 0.220. The largest absolute Gasteiger partial charge is 0.469 e. The molecular formula is C12H10O3S. The Balaban J connectivity index is 2.09. The Morgan fingerprint density at radius 2 is 2.12 bits per heavy atom. The number of furan rings is 1. The average Bonchev–Trinajstić information content (AvgIpc) is 2.86. The predicted octanol–water partition coefficient (Wildman–Crippen LogP) is 3.11. The highest BCUT2D eigenvalue weighted by Crippen LogP contribution is 2.14. The van der Waals surface area contributed by atoms with Gasteiger partial charge in [0.25, 0.3) is 0 Å². The summed E-state index contributed by atoms with van der Waals surface area (Å²) in [6.07, 6.45) is 1.36. The van der Waals surface area contributed by atoms with Gasteiger partial charge < -0.3 is 4.42 Å². The van der Waals surface area contributed by atoms with Crippen LogP contribution in [0.25, 0.3) is 0 Å². The van der Waals surface area contributed by atoms with Crippen molar-refractivity contribution in [2.24, 2.45) is 0 Å². The SMILES string of the molecule is Cc1occc1C(=O)CC(=O)c1ccsc1. The van der Waals surface area contributed by atoms with Gasteiger partial charge in [-0.2, -0.15) is 11.3 Å². The Bertz CT molecular complexity index is 508. The molecule has 2 heterocycles. The second kappa shape index (κ2) is 4.45. The highest BCUT2D eigenvalue weighted by atomic mass is 32.1. The van der Waals surface area contributed by atoms with Crippen LogP contribution in [0.2, 0.25) is 0 Å². The van der Waals surface area contributed by atoms with Crippen molar-refractivity contribution in [3.8, 4) is 0 Å². The van der Waals surface area contributed by atoms with Crippen LogP contribution in [0.3, 0.4) is 0 Å². The van der Waals surface area contributed by atoms with Crippen LogP contribution in [0.15, 0.2) is 33.6 Å². The number of thiophene rings is 1. The first-order chi connectivity index (χ1) is 7.68. The van der Waals surface area contributed by atoms with Gasteiger partial charge in [0, 0.05) is 10.9 Å². The molecule has 0 fully saturated rings. The molecule has 0 radical (unpaired) electrons. The fraction of sp³-hybridized carbons (Fsp3) is 0.167. The normalized spacial score (nSPS) is 10.3. The third-order valence-corrected chi connectivity index (χ3v) is 3.01. The molecule has 0 bridgehead atoms. The van der Waals surface area contributed by atoms with Gasteiger partial charge in [0.05, 0.1) is 18.2 Å². The Hall–Kier alpha value is -1.68. The molecule has 0 aliphatic carbocycles. The van der Waals surface area contributed by atoms with Crippen molar-refractivity contribution in [1.82, 2.24) is 0 Å². The number of carbonyl (C=O) groups excluding carboxylic acids is 2. The van der Waals surface area contributed by atoms with Crippen LogP contribution in [0.5, 0.6) is 0 Å². The number of carbonyl (C=O) groups is 2. The molecular weight excluding hydrogens is 224 g/mol. The number of hydrogen-bond acceptors (Lipinski definition) is 4. The van der Waals surface area contributed by atoms with E-state index in [1.807, 2.05) is 5.38 Å². The highest BCUT2D eigenvalue weighted by Gasteiger charge is 2.16. The molecule has 0 N–H and O–H groups in total. The first kappa shape index (κ1) is 10.8. The van der Waals surface area contributed by atoms with Crippen LogP contribution in [0, 0.1) is 6.92 Å². The van der Waals surface area contributed by atoms with Gasteiger partial charge in [-0.25, -0.2) is 0 Å². The molecule has 0 saturated carbocycles. The summed E-state index contributed by atoms with van der Waals surface area (Å²) < 4.78 is 5.03. The Kier molecular flexibility index (Phi) is 3.01. The maximum absolute atomic E-state index is 11.8. The summed E-state index contributed by atoms with van der Waals surface area (Å²) in [5.41, 5.74) is 1.09. The zero-order valence-corrected chi connectivity index (χ0v) is 9.54. The fourth-order valence-corrected chi connectivity index (χ4v) is 2.10. The van der Waals surface area contributed by atoms with E-state index in [4.69, 9.17) is 4.42 Å². The summed E-state index contributed by atoms with van der Waals surface area (Å²) in [4.78, 5) is 23.4. The van der Waals surface area contributed by atoms with E-state index in [0.29, 0.717) is 16.9 Å². The van der Waals surface area contributed by atoms with Gasteiger partial charge in [0.1, 0.15) is 5.76 Å². The van der Waals surface area contributed by atoms with Crippen LogP contribution in [-0.4, -0.2) is 11.6 Å². The zero-order valence-electron chi connectivity index (χ0n) is 8.73. The third kappa shape index (κ3) is 2.12. The van der Waals surface area contributed by atoms with Crippen molar-refractivity contribution < 1.29 is 14.0 Å². The molecule has 4 heteroatoms. The van der Waals surface area contributed by atoms with Gasteiger partial charge in [-0.1, -0.05) is 0 Å². The Morgan fingerprint density at radius 1 is 1.31 bits per heavy atom. The summed E-state index contributed by atoms with van der Waals surface area (Å²) in [6.45, 7) is 1.71. The molecule has 2 aromatic rings. The van der Waals surface area contributed by atoms with Crippen LogP contribution in [0.1, 0.15) is 32.9 Å². The van der Waals surface area contributed by atoms with E-state index in [9.17, 15) is 9.59 Å². The van der Waals surface area contributed by atoms with E-state index in [2.05, 4.69) is 0 Å². The van der Waals surface area contributed by atoms with Gasteiger partial charge in [0.2, 0.25) is 0 Å². The summed E-state index contributed by atoms with van der Waals surface area (Å²) in [7, 11) is 0. The molecule has 0 atom stereocenters. The summed E-state index contributed by atoms with van der Waals surface area (Å²) in [5, 5.41) is 3.57. The molecule has 82 valence electrons. The average molecular weight is 234 g/mol. The van der Waals surface area contributed by atoms with Crippen LogP contribution in [0.4, 0.5) is 0 Å². The highest BCUT2D eigenvalue weighted by molar-refractivity contribution is 7.08. The predicted molar refractivity (Wildman–Crippen MR) is 61.0 cm³/mol. The first-order valence-electron chi connectivity index (χ1n) is 4.81. The molecule has 3 nitrogen and oxygen atoms in total. The van der Waals surface area contributed by atoms with E-state index < -0.39 is 0 Å². The van der Waals surface area contributed by atoms with E-state index in [0.717, 1.165) is 0 Å². The van der Waals surface area contributed by atoms with Crippen molar-refractivity contribution in [2.75, 3.05) is 0 Å². The second-order valence-electron chi connectivity index (χ2n) is 3.43. The molecule has 2 aromatic heterocycles. The van der Waals surface area contributed by atoms with Gasteiger partial charge in [0.15, 0.2) is 11.6 Å². The maximum Gasteiger partial charge on any atom is 0.174 e. The summed E-state index contributed by atoms with van der Waals surface area (Å²) in [6, 6.07) is 3.32. The molecule has 0 unspecified atom stereocenters. The number of hydrogen-bond donors (Lipinski definition) is 0. The van der Waals surface area contributed by atoms with Crippen molar-refractivity contribution in [3.05, 3.63) is 46.0 Å². The molecule has 16 heavy (non-hydrogen) atoms.